The number of hydrogen-bond donors (Lipinski definition) is 4. The fraction of sp³-hybridized carbons (Fsp3) is 0.344. The SMILES string of the molecule is CCCCN(Oc1ccc2c(c1)c(CC(=O)O)c(C)n2C(=O)c1ccc(Cl)cc1)C(=O)CNC(=O)CNC(=O)CNC(=O)CSC(C)=O. The Morgan fingerprint density at radius 3 is 2.15 bits per heavy atom. The van der Waals surface area contributed by atoms with Crippen molar-refractivity contribution < 1.29 is 43.5 Å². The van der Waals surface area contributed by atoms with E-state index in [0.29, 0.717) is 39.2 Å². The van der Waals surface area contributed by atoms with Gasteiger partial charge in [-0.1, -0.05) is 36.7 Å². The Kier molecular flexibility index (Phi) is 14.0. The second-order valence-electron chi connectivity index (χ2n) is 10.5. The molecule has 14 nitrogen and oxygen atoms in total. The molecule has 0 fully saturated rings. The number of carboxylic acid groups (broad SMARTS) is 1. The number of benzene rings is 2. The lowest BCUT2D eigenvalue weighted by molar-refractivity contribution is -0.157. The molecule has 0 atom stereocenters. The van der Waals surface area contributed by atoms with Crippen molar-refractivity contribution in [3.63, 3.8) is 0 Å². The van der Waals surface area contributed by atoms with Crippen LogP contribution in [0.2, 0.25) is 5.02 Å². The Morgan fingerprint density at radius 1 is 0.917 bits per heavy atom. The van der Waals surface area contributed by atoms with Gasteiger partial charge in [-0.25, -0.2) is 0 Å². The summed E-state index contributed by atoms with van der Waals surface area (Å²) >= 11 is 6.78. The Labute approximate surface area is 285 Å². The minimum Gasteiger partial charge on any atom is -0.481 e. The molecule has 0 aliphatic heterocycles. The van der Waals surface area contributed by atoms with Crippen molar-refractivity contribution in [2.24, 2.45) is 0 Å². The van der Waals surface area contributed by atoms with Crippen LogP contribution < -0.4 is 20.8 Å². The third-order valence-electron chi connectivity index (χ3n) is 6.87. The van der Waals surface area contributed by atoms with E-state index >= 15 is 0 Å². The molecule has 3 aromatic rings. The third-order valence-corrected chi connectivity index (χ3v) is 7.94. The molecule has 0 saturated heterocycles. The van der Waals surface area contributed by atoms with Gasteiger partial charge in [-0.2, -0.15) is 5.06 Å². The normalized spacial score (nSPS) is 10.7. The zero-order valence-electron chi connectivity index (χ0n) is 26.6. The summed E-state index contributed by atoms with van der Waals surface area (Å²) in [6.07, 6.45) is 0.940. The molecule has 0 spiro atoms. The highest BCUT2D eigenvalue weighted by atomic mass is 35.5. The summed E-state index contributed by atoms with van der Waals surface area (Å²) in [5.41, 5.74) is 1.64. The monoisotopic (exact) mass is 701 g/mol. The molecular formula is C32H36ClN5O9S. The van der Waals surface area contributed by atoms with E-state index < -0.39 is 49.2 Å². The lowest BCUT2D eigenvalue weighted by atomic mass is 10.1. The van der Waals surface area contributed by atoms with Gasteiger partial charge in [0.25, 0.3) is 11.8 Å². The van der Waals surface area contributed by atoms with Crippen molar-refractivity contribution in [1.82, 2.24) is 25.6 Å². The van der Waals surface area contributed by atoms with Crippen molar-refractivity contribution in [3.05, 3.63) is 64.3 Å². The number of carboxylic acids is 1. The van der Waals surface area contributed by atoms with Crippen LogP contribution in [0, 0.1) is 6.92 Å². The fourth-order valence-electron chi connectivity index (χ4n) is 4.49. The smallest absolute Gasteiger partial charge is 0.307 e. The highest BCUT2D eigenvalue weighted by molar-refractivity contribution is 8.14. The first-order valence-electron chi connectivity index (χ1n) is 14.9. The van der Waals surface area contributed by atoms with Crippen LogP contribution in [0.3, 0.4) is 0 Å². The number of nitrogens with one attached hydrogen (secondary N) is 3. The van der Waals surface area contributed by atoms with Crippen LogP contribution >= 0.6 is 23.4 Å². The number of nitrogens with zero attached hydrogens (tertiary/aromatic N) is 2. The topological polar surface area (TPSA) is 193 Å². The summed E-state index contributed by atoms with van der Waals surface area (Å²) in [6.45, 7) is 3.78. The summed E-state index contributed by atoms with van der Waals surface area (Å²) in [5.74, 6) is -3.79. The van der Waals surface area contributed by atoms with Gasteiger partial charge >= 0.3 is 5.97 Å². The van der Waals surface area contributed by atoms with Gasteiger partial charge in [-0.3, -0.25) is 38.1 Å². The minimum absolute atomic E-state index is 0.129. The fourth-order valence-corrected chi connectivity index (χ4v) is 5.05. The Hall–Kier alpha value is -4.89. The Bertz CT molecular complexity index is 1710. The van der Waals surface area contributed by atoms with Gasteiger partial charge in [0.15, 0.2) is 10.9 Å². The first kappa shape index (κ1) is 37.6. The number of halogens is 1. The van der Waals surface area contributed by atoms with E-state index in [1.165, 1.54) is 11.5 Å². The molecule has 3 rings (SSSR count). The molecular weight excluding hydrogens is 666 g/mol. The summed E-state index contributed by atoms with van der Waals surface area (Å²) < 4.78 is 1.43. The van der Waals surface area contributed by atoms with Gasteiger partial charge in [0.2, 0.25) is 17.7 Å². The van der Waals surface area contributed by atoms with Crippen LogP contribution in [0.1, 0.15) is 48.3 Å². The average molecular weight is 702 g/mol. The number of hydroxylamine groups is 2. The van der Waals surface area contributed by atoms with Crippen molar-refractivity contribution in [2.45, 2.75) is 40.0 Å². The maximum Gasteiger partial charge on any atom is 0.307 e. The van der Waals surface area contributed by atoms with Gasteiger partial charge in [0.05, 0.1) is 43.9 Å². The third kappa shape index (κ3) is 10.8. The largest absolute Gasteiger partial charge is 0.481 e. The van der Waals surface area contributed by atoms with E-state index in [4.69, 9.17) is 16.4 Å². The van der Waals surface area contributed by atoms with Crippen LogP contribution in [0.5, 0.6) is 5.75 Å². The van der Waals surface area contributed by atoms with Crippen molar-refractivity contribution in [2.75, 3.05) is 31.9 Å². The number of hydrogen-bond acceptors (Lipinski definition) is 9. The van der Waals surface area contributed by atoms with E-state index in [2.05, 4.69) is 16.0 Å². The number of carbonyl (C=O) groups is 7. The number of aliphatic carboxylic acids is 1. The number of rotatable bonds is 16. The molecule has 0 aliphatic rings. The second-order valence-corrected chi connectivity index (χ2v) is 12.1. The van der Waals surface area contributed by atoms with Gasteiger partial charge < -0.3 is 25.9 Å². The van der Waals surface area contributed by atoms with Crippen LogP contribution in [-0.4, -0.2) is 87.3 Å². The Morgan fingerprint density at radius 2 is 1.54 bits per heavy atom. The average Bonchev–Trinajstić information content (AvgIpc) is 3.31. The molecule has 4 amide bonds. The van der Waals surface area contributed by atoms with Crippen LogP contribution in [0.4, 0.5) is 0 Å². The number of fused-ring (bicyclic) bond motifs is 1. The van der Waals surface area contributed by atoms with Gasteiger partial charge in [0, 0.05) is 28.6 Å². The van der Waals surface area contributed by atoms with E-state index in [0.717, 1.165) is 23.2 Å². The summed E-state index contributed by atoms with van der Waals surface area (Å²) in [7, 11) is 0. The molecule has 48 heavy (non-hydrogen) atoms. The molecule has 0 bridgehead atoms. The van der Waals surface area contributed by atoms with E-state index in [1.54, 1.807) is 49.4 Å². The maximum atomic E-state index is 13.5. The number of unbranched alkanes of at least 4 members (excludes halogenated alkanes) is 1. The second kappa shape index (κ2) is 17.9. The van der Waals surface area contributed by atoms with Crippen LogP contribution in [0.15, 0.2) is 42.5 Å². The molecule has 0 saturated carbocycles. The lowest BCUT2D eigenvalue weighted by Crippen LogP contribution is -2.46. The summed E-state index contributed by atoms with van der Waals surface area (Å²) in [4.78, 5) is 91.0. The highest BCUT2D eigenvalue weighted by Crippen LogP contribution is 2.31. The molecule has 4 N–H and O–H groups in total. The summed E-state index contributed by atoms with van der Waals surface area (Å²) in [6, 6.07) is 11.0. The van der Waals surface area contributed by atoms with Gasteiger partial charge in [-0.05, 0) is 61.4 Å². The first-order chi connectivity index (χ1) is 22.8. The van der Waals surface area contributed by atoms with Crippen molar-refractivity contribution in [1.29, 1.82) is 0 Å². The lowest BCUT2D eigenvalue weighted by Gasteiger charge is -2.22. The van der Waals surface area contributed by atoms with E-state index in [9.17, 15) is 38.7 Å². The zero-order valence-corrected chi connectivity index (χ0v) is 28.2. The first-order valence-corrected chi connectivity index (χ1v) is 16.2. The molecule has 0 unspecified atom stereocenters. The predicted octanol–water partition coefficient (Wildman–Crippen LogP) is 2.47. The van der Waals surface area contributed by atoms with Crippen LogP contribution in [-0.2, 0) is 35.2 Å². The maximum absolute atomic E-state index is 13.5. The minimum atomic E-state index is -1.09. The number of amides is 4. The van der Waals surface area contributed by atoms with E-state index in [1.807, 2.05) is 6.92 Å². The molecule has 16 heteroatoms. The van der Waals surface area contributed by atoms with E-state index in [-0.39, 0.29) is 35.5 Å². The molecule has 2 aromatic carbocycles. The highest BCUT2D eigenvalue weighted by Gasteiger charge is 2.23. The molecule has 0 aliphatic carbocycles. The van der Waals surface area contributed by atoms with Crippen molar-refractivity contribution in [3.8, 4) is 5.75 Å². The number of thioether (sulfide) groups is 1. The molecule has 1 aromatic heterocycles. The molecule has 0 radical (unpaired) electrons. The standard InChI is InChI=1S/C32H36ClN5O9S/c1-4-5-12-37(30(43)17-36-28(41)15-34-27(40)16-35-29(42)18-48-20(3)39)47-23-10-11-26-25(13-23)24(14-31(44)45)19(2)38(26)32(46)21-6-8-22(33)9-7-21/h6-11,13H,4-5,12,14-18H2,1-3H3,(H,34,40)(H,35,42)(H,36,41)(H,44,45). The van der Waals surface area contributed by atoms with Gasteiger partial charge in [-0.15, -0.1) is 0 Å². The zero-order chi connectivity index (χ0) is 35.4. The Balaban J connectivity index is 1.70. The quantitative estimate of drug-likeness (QED) is 0.161. The number of carbonyl (C=O) groups excluding carboxylic acids is 6. The van der Waals surface area contributed by atoms with Crippen molar-refractivity contribution >= 4 is 74.9 Å². The molecule has 1 heterocycles. The number of aromatic nitrogens is 1. The molecule has 256 valence electrons. The summed E-state index contributed by atoms with van der Waals surface area (Å²) in [5, 5.41) is 18.4. The van der Waals surface area contributed by atoms with Gasteiger partial charge in [0.1, 0.15) is 0 Å². The predicted molar refractivity (Wildman–Crippen MR) is 179 cm³/mol. The van der Waals surface area contributed by atoms with Crippen LogP contribution in [0.25, 0.3) is 10.9 Å².